The second-order valence-corrected chi connectivity index (χ2v) is 5.60. The summed E-state index contributed by atoms with van der Waals surface area (Å²) in [6.07, 6.45) is 3.04. The van der Waals surface area contributed by atoms with Crippen molar-refractivity contribution in [3.05, 3.63) is 29.8 Å². The number of hydrogen-bond donors (Lipinski definition) is 1. The highest BCUT2D eigenvalue weighted by molar-refractivity contribution is 6.07. The third-order valence-corrected chi connectivity index (χ3v) is 4.22. The molecule has 1 aromatic rings. The Hall–Kier alpha value is -2.18. The molecule has 1 saturated heterocycles. The van der Waals surface area contributed by atoms with E-state index in [1.807, 2.05) is 0 Å². The number of carbonyl (C=O) groups is 2. The molecule has 7 heteroatoms. The third kappa shape index (κ3) is 2.51. The second-order valence-electron chi connectivity index (χ2n) is 5.60. The average Bonchev–Trinajstić information content (AvgIpc) is 3.02. The summed E-state index contributed by atoms with van der Waals surface area (Å²) in [5.74, 6) is -0.299. The van der Waals surface area contributed by atoms with Gasteiger partial charge in [0.15, 0.2) is 0 Å². The summed E-state index contributed by atoms with van der Waals surface area (Å²) in [6, 6.07) is 5.70. The van der Waals surface area contributed by atoms with Crippen molar-refractivity contribution in [1.29, 1.82) is 0 Å². The summed E-state index contributed by atoms with van der Waals surface area (Å²) in [7, 11) is 0. The van der Waals surface area contributed by atoms with E-state index in [0.29, 0.717) is 18.4 Å². The molecule has 0 aromatic heterocycles. The number of rotatable bonds is 4. The number of benzene rings is 1. The van der Waals surface area contributed by atoms with Gasteiger partial charge in [-0.25, -0.2) is 4.79 Å². The Bertz CT molecular complexity index is 600. The van der Waals surface area contributed by atoms with Gasteiger partial charge in [-0.3, -0.25) is 9.69 Å². The molecular formula is C15H16F2N2O3. The summed E-state index contributed by atoms with van der Waals surface area (Å²) in [5.41, 5.74) is -0.420. The molecule has 0 bridgehead atoms. The molecule has 1 N–H and O–H groups in total. The Labute approximate surface area is 126 Å². The van der Waals surface area contributed by atoms with Crippen LogP contribution in [0.3, 0.4) is 0 Å². The molecule has 0 radical (unpaired) electrons. The lowest BCUT2D eigenvalue weighted by molar-refractivity contribution is -0.131. The molecule has 2 aliphatic rings. The van der Waals surface area contributed by atoms with Crippen molar-refractivity contribution in [2.45, 2.75) is 44.4 Å². The first-order chi connectivity index (χ1) is 10.5. The van der Waals surface area contributed by atoms with E-state index in [9.17, 15) is 18.4 Å². The fraction of sp³-hybridized carbons (Fsp3) is 0.467. The third-order valence-electron chi connectivity index (χ3n) is 4.22. The predicted molar refractivity (Wildman–Crippen MR) is 73.4 cm³/mol. The van der Waals surface area contributed by atoms with Crippen LogP contribution in [0.25, 0.3) is 0 Å². The first-order valence-electron chi connectivity index (χ1n) is 7.19. The van der Waals surface area contributed by atoms with Crippen LogP contribution < -0.4 is 10.1 Å². The maximum atomic E-state index is 12.5. The quantitative estimate of drug-likeness (QED) is 0.870. The number of urea groups is 1. The van der Waals surface area contributed by atoms with Crippen molar-refractivity contribution in [1.82, 2.24) is 10.2 Å². The van der Waals surface area contributed by atoms with E-state index in [-0.39, 0.29) is 18.2 Å². The lowest BCUT2D eigenvalue weighted by Gasteiger charge is -2.20. The van der Waals surface area contributed by atoms with Gasteiger partial charge in [-0.05, 0) is 18.9 Å². The number of ether oxygens (including phenoxy) is 1. The molecular weight excluding hydrogens is 294 g/mol. The normalized spacial score (nSPS) is 20.0. The summed E-state index contributed by atoms with van der Waals surface area (Å²) < 4.78 is 29.3. The fourth-order valence-corrected chi connectivity index (χ4v) is 3.15. The summed E-state index contributed by atoms with van der Waals surface area (Å²) >= 11 is 0. The van der Waals surface area contributed by atoms with Crippen LogP contribution in [0.2, 0.25) is 0 Å². The van der Waals surface area contributed by atoms with Gasteiger partial charge < -0.3 is 10.1 Å². The van der Waals surface area contributed by atoms with E-state index < -0.39 is 18.2 Å². The molecule has 1 aliphatic carbocycles. The zero-order chi connectivity index (χ0) is 15.7. The van der Waals surface area contributed by atoms with Gasteiger partial charge in [-0.1, -0.05) is 31.0 Å². The van der Waals surface area contributed by atoms with Gasteiger partial charge in [0.05, 0.1) is 6.54 Å². The van der Waals surface area contributed by atoms with Gasteiger partial charge in [-0.2, -0.15) is 8.78 Å². The maximum absolute atomic E-state index is 12.5. The van der Waals surface area contributed by atoms with E-state index in [4.69, 9.17) is 0 Å². The Morgan fingerprint density at radius 2 is 1.91 bits per heavy atom. The van der Waals surface area contributed by atoms with Crippen molar-refractivity contribution in [2.24, 2.45) is 0 Å². The Kier molecular flexibility index (Phi) is 3.72. The van der Waals surface area contributed by atoms with Crippen molar-refractivity contribution < 1.29 is 23.1 Å². The highest BCUT2D eigenvalue weighted by Crippen LogP contribution is 2.36. The van der Waals surface area contributed by atoms with Gasteiger partial charge in [0.2, 0.25) is 0 Å². The number of halogens is 2. The lowest BCUT2D eigenvalue weighted by Crippen LogP contribution is -2.44. The largest absolute Gasteiger partial charge is 0.434 e. The topological polar surface area (TPSA) is 58.6 Å². The molecule has 1 aromatic carbocycles. The number of hydrogen-bond acceptors (Lipinski definition) is 3. The van der Waals surface area contributed by atoms with E-state index in [1.54, 1.807) is 18.2 Å². The van der Waals surface area contributed by atoms with Crippen LogP contribution in [0.15, 0.2) is 24.3 Å². The van der Waals surface area contributed by atoms with E-state index in [0.717, 1.165) is 17.7 Å². The van der Waals surface area contributed by atoms with Crippen molar-refractivity contribution >= 4 is 11.9 Å². The van der Waals surface area contributed by atoms with Crippen LogP contribution in [-0.2, 0) is 11.3 Å². The van der Waals surface area contributed by atoms with Gasteiger partial charge >= 0.3 is 12.6 Å². The molecule has 1 heterocycles. The lowest BCUT2D eigenvalue weighted by atomic mass is 9.98. The van der Waals surface area contributed by atoms with Crippen LogP contribution in [-0.4, -0.2) is 29.0 Å². The number of alkyl halides is 2. The minimum absolute atomic E-state index is 0.0227. The number of nitrogens with zero attached hydrogens (tertiary/aromatic N) is 1. The predicted octanol–water partition coefficient (Wildman–Crippen LogP) is 2.65. The standard InChI is InChI=1S/C15H16F2N2O3/c16-13(17)22-11-6-2-1-5-10(11)9-19-12(20)15(18-14(19)21)7-3-4-8-15/h1-2,5-6,13H,3-4,7-9H2,(H,18,21). The zero-order valence-corrected chi connectivity index (χ0v) is 11.9. The van der Waals surface area contributed by atoms with Crippen LogP contribution >= 0.6 is 0 Å². The maximum Gasteiger partial charge on any atom is 0.387 e. The van der Waals surface area contributed by atoms with Gasteiger partial charge in [0.1, 0.15) is 11.3 Å². The first-order valence-corrected chi connectivity index (χ1v) is 7.19. The summed E-state index contributed by atoms with van der Waals surface area (Å²) in [6.45, 7) is -3.03. The molecule has 1 aliphatic heterocycles. The molecule has 3 amide bonds. The number of imide groups is 1. The number of para-hydroxylation sites is 1. The van der Waals surface area contributed by atoms with Crippen LogP contribution in [0.5, 0.6) is 5.75 Å². The van der Waals surface area contributed by atoms with Crippen molar-refractivity contribution in [2.75, 3.05) is 0 Å². The van der Waals surface area contributed by atoms with E-state index >= 15 is 0 Å². The highest BCUT2D eigenvalue weighted by Gasteiger charge is 2.52. The molecule has 1 spiro atoms. The smallest absolute Gasteiger partial charge is 0.387 e. The SMILES string of the molecule is O=C1NC2(CCCC2)C(=O)N1Cc1ccccc1OC(F)F. The Morgan fingerprint density at radius 1 is 1.23 bits per heavy atom. The van der Waals surface area contributed by atoms with Crippen molar-refractivity contribution in [3.8, 4) is 5.75 Å². The highest BCUT2D eigenvalue weighted by atomic mass is 19.3. The van der Waals surface area contributed by atoms with E-state index in [2.05, 4.69) is 10.1 Å². The van der Waals surface area contributed by atoms with Crippen LogP contribution in [0.4, 0.5) is 13.6 Å². The van der Waals surface area contributed by atoms with E-state index in [1.165, 1.54) is 6.07 Å². The zero-order valence-electron chi connectivity index (χ0n) is 11.9. The minimum atomic E-state index is -2.95. The molecule has 0 atom stereocenters. The molecule has 2 fully saturated rings. The molecule has 22 heavy (non-hydrogen) atoms. The summed E-state index contributed by atoms with van der Waals surface area (Å²) in [4.78, 5) is 25.7. The minimum Gasteiger partial charge on any atom is -0.434 e. The van der Waals surface area contributed by atoms with Crippen LogP contribution in [0.1, 0.15) is 31.2 Å². The second kappa shape index (κ2) is 5.55. The number of carbonyl (C=O) groups excluding carboxylic acids is 2. The van der Waals surface area contributed by atoms with Gasteiger partial charge in [-0.15, -0.1) is 0 Å². The van der Waals surface area contributed by atoms with Crippen LogP contribution in [0, 0.1) is 0 Å². The molecule has 0 unspecified atom stereocenters. The van der Waals surface area contributed by atoms with Gasteiger partial charge in [0.25, 0.3) is 5.91 Å². The summed E-state index contributed by atoms with van der Waals surface area (Å²) in [5, 5.41) is 2.76. The fourth-order valence-electron chi connectivity index (χ4n) is 3.15. The molecule has 118 valence electrons. The Morgan fingerprint density at radius 3 is 2.59 bits per heavy atom. The number of amides is 3. The first kappa shape index (κ1) is 14.7. The average molecular weight is 310 g/mol. The molecule has 3 rings (SSSR count). The van der Waals surface area contributed by atoms with Gasteiger partial charge in [0, 0.05) is 5.56 Å². The Balaban J connectivity index is 1.81. The van der Waals surface area contributed by atoms with Crippen molar-refractivity contribution in [3.63, 3.8) is 0 Å². The number of nitrogens with one attached hydrogen (secondary N) is 1. The molecule has 1 saturated carbocycles. The monoisotopic (exact) mass is 310 g/mol. The molecule has 5 nitrogen and oxygen atoms in total.